The Morgan fingerprint density at radius 1 is 1.14 bits per heavy atom. The van der Waals surface area contributed by atoms with Gasteiger partial charge in [-0.3, -0.25) is 0 Å². The van der Waals surface area contributed by atoms with Crippen LogP contribution in [0.2, 0.25) is 0 Å². The zero-order valence-corrected chi connectivity index (χ0v) is 17.1. The lowest BCUT2D eigenvalue weighted by Crippen LogP contribution is -2.47. The van der Waals surface area contributed by atoms with Crippen LogP contribution < -0.4 is 5.32 Å². The molecule has 1 N–H and O–H groups in total. The first-order valence-electron chi connectivity index (χ1n) is 9.94. The molecule has 0 spiro atoms. The summed E-state index contributed by atoms with van der Waals surface area (Å²) < 4.78 is 16.7. The average Bonchev–Trinajstić information content (AvgIpc) is 3.24. The van der Waals surface area contributed by atoms with Crippen LogP contribution in [0.1, 0.15) is 44.0 Å². The maximum atomic E-state index is 14.9. The smallest absolute Gasteiger partial charge is 0.156 e. The lowest BCUT2D eigenvalue weighted by atomic mass is 9.90. The summed E-state index contributed by atoms with van der Waals surface area (Å²) in [6.45, 7) is 9.15. The number of fused-ring (bicyclic) bond motifs is 2. The van der Waals surface area contributed by atoms with Crippen molar-refractivity contribution < 1.29 is 4.39 Å². The highest BCUT2D eigenvalue weighted by Gasteiger charge is 2.30. The Morgan fingerprint density at radius 2 is 1.97 bits per heavy atom. The van der Waals surface area contributed by atoms with E-state index in [0.717, 1.165) is 36.3 Å². The topological polar surface area (TPSA) is 72.9 Å². The lowest BCUT2D eigenvalue weighted by Gasteiger charge is -2.35. The molecule has 1 saturated heterocycles. The normalized spacial score (nSPS) is 19.3. The van der Waals surface area contributed by atoms with E-state index >= 15 is 0 Å². The number of nitrogens with one attached hydrogen (secondary N) is 1. The molecule has 1 aliphatic rings. The summed E-state index contributed by atoms with van der Waals surface area (Å²) in [6, 6.07) is 5.45. The summed E-state index contributed by atoms with van der Waals surface area (Å²) in [5.41, 5.74) is 4.95. The van der Waals surface area contributed by atoms with E-state index in [1.165, 1.54) is 6.07 Å². The van der Waals surface area contributed by atoms with Gasteiger partial charge in [-0.05, 0) is 70.8 Å². The van der Waals surface area contributed by atoms with E-state index in [1.54, 1.807) is 9.31 Å². The zero-order chi connectivity index (χ0) is 20.3. The van der Waals surface area contributed by atoms with E-state index < -0.39 is 0 Å². The first-order valence-corrected chi connectivity index (χ1v) is 9.94. The predicted molar refractivity (Wildman–Crippen MR) is 109 cm³/mol. The zero-order valence-electron chi connectivity index (χ0n) is 17.1. The van der Waals surface area contributed by atoms with Crippen molar-refractivity contribution in [3.8, 4) is 11.3 Å². The number of piperidine rings is 1. The molecule has 5 rings (SSSR count). The standard InChI is InChI=1S/C21H24FN7/c1-12-7-17(25-28-11-13(2)24-20(12)28)14-8-16(22)19-18(9-14)26-29(27-19)15-5-6-23-21(3,4)10-15/h7-9,11,15,23H,5-6,10H2,1-4H3. The van der Waals surface area contributed by atoms with Crippen molar-refractivity contribution >= 4 is 16.7 Å². The summed E-state index contributed by atoms with van der Waals surface area (Å²) in [5, 5.41) is 17.2. The Balaban J connectivity index is 1.58. The summed E-state index contributed by atoms with van der Waals surface area (Å²) >= 11 is 0. The van der Waals surface area contributed by atoms with Gasteiger partial charge in [0.1, 0.15) is 11.0 Å². The van der Waals surface area contributed by atoms with Crippen molar-refractivity contribution in [3.63, 3.8) is 0 Å². The van der Waals surface area contributed by atoms with E-state index in [-0.39, 0.29) is 17.4 Å². The molecule has 0 saturated carbocycles. The first kappa shape index (κ1) is 18.2. The highest BCUT2D eigenvalue weighted by atomic mass is 19.1. The Morgan fingerprint density at radius 3 is 2.76 bits per heavy atom. The van der Waals surface area contributed by atoms with E-state index in [0.29, 0.717) is 22.3 Å². The van der Waals surface area contributed by atoms with Gasteiger partial charge in [-0.25, -0.2) is 13.9 Å². The van der Waals surface area contributed by atoms with E-state index in [2.05, 4.69) is 39.4 Å². The molecular formula is C21H24FN7. The highest BCUT2D eigenvalue weighted by Crippen LogP contribution is 2.30. The maximum Gasteiger partial charge on any atom is 0.156 e. The molecule has 1 aliphatic heterocycles. The molecule has 8 heteroatoms. The van der Waals surface area contributed by atoms with Crippen molar-refractivity contribution in [2.45, 2.75) is 52.1 Å². The molecule has 0 amide bonds. The molecule has 4 aromatic rings. The molecule has 0 bridgehead atoms. The van der Waals surface area contributed by atoms with Crippen LogP contribution in [0, 0.1) is 19.7 Å². The quantitative estimate of drug-likeness (QED) is 0.563. The SMILES string of the molecule is Cc1cn2nc(-c3cc(F)c4nn(C5CCNC(C)(C)C5)nc4c3)cc(C)c2n1. The Labute approximate surface area is 167 Å². The van der Waals surface area contributed by atoms with Gasteiger partial charge < -0.3 is 5.32 Å². The molecule has 150 valence electrons. The number of hydrogen-bond acceptors (Lipinski definition) is 5. The number of halogens is 1. The van der Waals surface area contributed by atoms with Crippen molar-refractivity contribution in [1.82, 2.24) is 34.9 Å². The van der Waals surface area contributed by atoms with Crippen molar-refractivity contribution in [2.24, 2.45) is 0 Å². The third-order valence-electron chi connectivity index (χ3n) is 5.64. The molecule has 1 fully saturated rings. The average molecular weight is 393 g/mol. The summed E-state index contributed by atoms with van der Waals surface area (Å²) in [7, 11) is 0. The fourth-order valence-corrected chi connectivity index (χ4v) is 4.23. The van der Waals surface area contributed by atoms with Gasteiger partial charge in [-0.1, -0.05) is 0 Å². The van der Waals surface area contributed by atoms with Gasteiger partial charge in [0.05, 0.1) is 23.6 Å². The maximum absolute atomic E-state index is 14.9. The second kappa shape index (κ2) is 6.32. The van der Waals surface area contributed by atoms with Crippen LogP contribution in [0.15, 0.2) is 24.4 Å². The third kappa shape index (κ3) is 3.17. The molecule has 4 heterocycles. The van der Waals surface area contributed by atoms with Gasteiger partial charge in [0.15, 0.2) is 11.5 Å². The van der Waals surface area contributed by atoms with Gasteiger partial charge in [0.25, 0.3) is 0 Å². The van der Waals surface area contributed by atoms with Gasteiger partial charge in [-0.2, -0.15) is 15.0 Å². The minimum Gasteiger partial charge on any atom is -0.312 e. The summed E-state index contributed by atoms with van der Waals surface area (Å²) in [6.07, 6.45) is 3.70. The van der Waals surface area contributed by atoms with E-state index in [4.69, 9.17) is 0 Å². The van der Waals surface area contributed by atoms with E-state index in [9.17, 15) is 4.39 Å². The third-order valence-corrected chi connectivity index (χ3v) is 5.64. The number of aryl methyl sites for hydroxylation is 2. The van der Waals surface area contributed by atoms with Crippen molar-refractivity contribution in [1.29, 1.82) is 0 Å². The van der Waals surface area contributed by atoms with Crippen LogP contribution in [0.4, 0.5) is 4.39 Å². The van der Waals surface area contributed by atoms with Crippen molar-refractivity contribution in [3.05, 3.63) is 41.5 Å². The largest absolute Gasteiger partial charge is 0.312 e. The fraction of sp³-hybridized carbons (Fsp3) is 0.429. The van der Waals surface area contributed by atoms with Crippen LogP contribution in [0.3, 0.4) is 0 Å². The number of nitrogens with zero attached hydrogens (tertiary/aromatic N) is 6. The second-order valence-corrected chi connectivity index (χ2v) is 8.67. The van der Waals surface area contributed by atoms with Crippen LogP contribution in [0.25, 0.3) is 27.9 Å². The van der Waals surface area contributed by atoms with Crippen LogP contribution in [0.5, 0.6) is 0 Å². The van der Waals surface area contributed by atoms with E-state index in [1.807, 2.05) is 32.2 Å². The fourth-order valence-electron chi connectivity index (χ4n) is 4.23. The second-order valence-electron chi connectivity index (χ2n) is 8.67. The van der Waals surface area contributed by atoms with Gasteiger partial charge >= 0.3 is 0 Å². The molecule has 1 aromatic carbocycles. The summed E-state index contributed by atoms with van der Waals surface area (Å²) in [4.78, 5) is 6.17. The first-order chi connectivity index (χ1) is 13.8. The van der Waals surface area contributed by atoms with Crippen molar-refractivity contribution in [2.75, 3.05) is 6.54 Å². The molecule has 1 unspecified atom stereocenters. The molecule has 0 radical (unpaired) electrons. The summed E-state index contributed by atoms with van der Waals surface area (Å²) in [5.74, 6) is -0.377. The van der Waals surface area contributed by atoms with Crippen LogP contribution in [-0.4, -0.2) is 41.7 Å². The monoisotopic (exact) mass is 393 g/mol. The predicted octanol–water partition coefficient (Wildman–Crippen LogP) is 3.60. The molecule has 29 heavy (non-hydrogen) atoms. The van der Waals surface area contributed by atoms with Crippen LogP contribution >= 0.6 is 0 Å². The molecule has 0 aliphatic carbocycles. The Bertz CT molecular complexity index is 1240. The van der Waals surface area contributed by atoms with Gasteiger partial charge in [-0.15, -0.1) is 5.10 Å². The molecule has 1 atom stereocenters. The minimum atomic E-state index is -0.377. The Kier molecular flexibility index (Phi) is 3.96. The number of hydrogen-bond donors (Lipinski definition) is 1. The highest BCUT2D eigenvalue weighted by molar-refractivity contribution is 5.81. The van der Waals surface area contributed by atoms with Gasteiger partial charge in [0, 0.05) is 11.1 Å². The lowest BCUT2D eigenvalue weighted by molar-refractivity contribution is 0.208. The molecule has 3 aromatic heterocycles. The van der Waals surface area contributed by atoms with Crippen LogP contribution in [-0.2, 0) is 0 Å². The molecule has 7 nitrogen and oxygen atoms in total. The number of aromatic nitrogens is 6. The van der Waals surface area contributed by atoms with Gasteiger partial charge in [0.2, 0.25) is 0 Å². The number of benzene rings is 1. The number of rotatable bonds is 2. The molecular weight excluding hydrogens is 369 g/mol. The Hall–Kier alpha value is -2.87. The number of imidazole rings is 1. The minimum absolute atomic E-state index is 0.0201.